The average Bonchev–Trinajstić information content (AvgIpc) is 3.05. The number of hydrogen-bond donors (Lipinski definition) is 2. The van der Waals surface area contributed by atoms with E-state index in [1.807, 2.05) is 0 Å². The van der Waals surface area contributed by atoms with E-state index in [0.717, 1.165) is 19.0 Å². The normalized spacial score (nSPS) is 18.1. The van der Waals surface area contributed by atoms with Crippen molar-refractivity contribution in [1.29, 1.82) is 0 Å². The van der Waals surface area contributed by atoms with Crippen LogP contribution >= 0.6 is 0 Å². The van der Waals surface area contributed by atoms with E-state index in [2.05, 4.69) is 20.0 Å². The number of nitrogens with zero attached hydrogens (tertiary/aromatic N) is 2. The molecule has 20 heavy (non-hydrogen) atoms. The first kappa shape index (κ1) is 14.3. The molecular weight excluding hydrogens is 267 g/mol. The first-order chi connectivity index (χ1) is 9.60. The van der Waals surface area contributed by atoms with Gasteiger partial charge in [0.25, 0.3) is 0 Å². The van der Waals surface area contributed by atoms with E-state index in [4.69, 9.17) is 0 Å². The molecule has 1 saturated heterocycles. The Morgan fingerprint density at radius 2 is 2.45 bits per heavy atom. The van der Waals surface area contributed by atoms with Gasteiger partial charge in [-0.25, -0.2) is 9.78 Å². The van der Waals surface area contributed by atoms with Gasteiger partial charge in [-0.2, -0.15) is 4.39 Å². The summed E-state index contributed by atoms with van der Waals surface area (Å²) in [5.41, 5.74) is 0. The van der Waals surface area contributed by atoms with Crippen molar-refractivity contribution in [2.24, 2.45) is 0 Å². The number of aromatic nitrogens is 2. The van der Waals surface area contributed by atoms with Gasteiger partial charge in [0.05, 0.1) is 13.3 Å². The third kappa shape index (κ3) is 3.46. The number of H-pyrrole nitrogens is 1. The zero-order valence-corrected chi connectivity index (χ0v) is 11.2. The summed E-state index contributed by atoms with van der Waals surface area (Å²) in [4.78, 5) is 31.1. The van der Waals surface area contributed by atoms with E-state index >= 15 is 0 Å². The lowest BCUT2D eigenvalue weighted by Gasteiger charge is -2.24. The second kappa shape index (κ2) is 6.36. The number of imidazole rings is 1. The third-order valence-corrected chi connectivity index (χ3v) is 3.29. The molecule has 2 heterocycles. The Morgan fingerprint density at radius 3 is 3.10 bits per heavy atom. The monoisotopic (exact) mass is 284 g/mol. The van der Waals surface area contributed by atoms with Gasteiger partial charge < -0.3 is 19.9 Å². The van der Waals surface area contributed by atoms with Gasteiger partial charge in [-0.05, 0) is 12.8 Å². The molecule has 8 heteroatoms. The summed E-state index contributed by atoms with van der Waals surface area (Å²) in [6.45, 7) is 0.533. The lowest BCUT2D eigenvalue weighted by atomic mass is 10.1. The highest BCUT2D eigenvalue weighted by molar-refractivity contribution is 5.82. The van der Waals surface area contributed by atoms with Crippen LogP contribution in [0.2, 0.25) is 0 Å². The van der Waals surface area contributed by atoms with Crippen molar-refractivity contribution in [2.45, 2.75) is 25.3 Å². The van der Waals surface area contributed by atoms with Crippen LogP contribution in [0.5, 0.6) is 0 Å². The van der Waals surface area contributed by atoms with Gasteiger partial charge in [0.15, 0.2) is 0 Å². The molecule has 110 valence electrons. The number of ether oxygens (including phenoxy) is 1. The molecule has 0 saturated carbocycles. The molecule has 1 atom stereocenters. The molecule has 1 unspecified atom stereocenters. The van der Waals surface area contributed by atoms with E-state index < -0.39 is 12.0 Å². The summed E-state index contributed by atoms with van der Waals surface area (Å²) in [7, 11) is 1.24. The number of halogens is 1. The van der Waals surface area contributed by atoms with Crippen LogP contribution in [0.3, 0.4) is 0 Å². The fourth-order valence-electron chi connectivity index (χ4n) is 2.36. The van der Waals surface area contributed by atoms with Gasteiger partial charge in [0, 0.05) is 19.0 Å². The molecule has 2 N–H and O–H groups in total. The smallest absolute Gasteiger partial charge is 0.407 e. The molecule has 0 bridgehead atoms. The number of carbonyl (C=O) groups excluding carboxylic acids is 2. The number of nitrogens with one attached hydrogen (secondary N) is 2. The number of alkyl carbamates (subject to hydrolysis) is 1. The molecule has 1 aromatic rings. The molecule has 1 fully saturated rings. The fraction of sp³-hybridized carbons (Fsp3) is 0.583. The second-order valence-electron chi connectivity index (χ2n) is 4.61. The molecule has 7 nitrogen and oxygen atoms in total. The van der Waals surface area contributed by atoms with Crippen LogP contribution in [-0.2, 0) is 16.0 Å². The molecular formula is C12H17FN4O3. The minimum atomic E-state index is -0.637. The Kier molecular flexibility index (Phi) is 4.54. The van der Waals surface area contributed by atoms with Crippen LogP contribution in [0, 0.1) is 5.95 Å². The average molecular weight is 284 g/mol. The van der Waals surface area contributed by atoms with Crippen molar-refractivity contribution in [3.8, 4) is 0 Å². The van der Waals surface area contributed by atoms with Crippen LogP contribution in [0.25, 0.3) is 0 Å². The van der Waals surface area contributed by atoms with Crippen LogP contribution in [0.15, 0.2) is 6.20 Å². The Labute approximate surface area is 115 Å². The maximum Gasteiger partial charge on any atom is 0.407 e. The fourth-order valence-corrected chi connectivity index (χ4v) is 2.36. The van der Waals surface area contributed by atoms with E-state index in [9.17, 15) is 14.0 Å². The molecule has 0 radical (unpaired) electrons. The minimum Gasteiger partial charge on any atom is -0.453 e. The van der Waals surface area contributed by atoms with Gasteiger partial charge in [-0.3, -0.25) is 4.79 Å². The molecule has 2 amide bonds. The Balaban J connectivity index is 1.89. The summed E-state index contributed by atoms with van der Waals surface area (Å²) in [6, 6.07) is -0.0208. The summed E-state index contributed by atoms with van der Waals surface area (Å²) >= 11 is 0. The molecule has 0 aliphatic carbocycles. The van der Waals surface area contributed by atoms with Crippen molar-refractivity contribution in [1.82, 2.24) is 20.2 Å². The number of aromatic amines is 1. The zero-order chi connectivity index (χ0) is 14.5. The summed E-state index contributed by atoms with van der Waals surface area (Å²) < 4.78 is 17.3. The van der Waals surface area contributed by atoms with Crippen LogP contribution in [0.1, 0.15) is 18.7 Å². The molecule has 1 aliphatic heterocycles. The van der Waals surface area contributed by atoms with Crippen molar-refractivity contribution < 1.29 is 18.7 Å². The Hall–Kier alpha value is -2.12. The van der Waals surface area contributed by atoms with Gasteiger partial charge in [-0.15, -0.1) is 0 Å². The summed E-state index contributed by atoms with van der Waals surface area (Å²) in [5.74, 6) is -0.138. The topological polar surface area (TPSA) is 87.3 Å². The number of likely N-dealkylation sites (tertiary alicyclic amines) is 1. The molecule has 1 aromatic heterocycles. The SMILES string of the molecule is COC(=O)NCC(=O)N1CCCC1Cc1ncc(F)[nH]1. The lowest BCUT2D eigenvalue weighted by Crippen LogP contribution is -2.43. The number of methoxy groups -OCH3 is 1. The molecule has 0 aromatic carbocycles. The van der Waals surface area contributed by atoms with E-state index in [-0.39, 0.29) is 18.5 Å². The van der Waals surface area contributed by atoms with Crippen molar-refractivity contribution in [2.75, 3.05) is 20.2 Å². The van der Waals surface area contributed by atoms with Crippen LogP contribution < -0.4 is 5.32 Å². The second-order valence-corrected chi connectivity index (χ2v) is 4.61. The van der Waals surface area contributed by atoms with E-state index in [0.29, 0.717) is 18.8 Å². The summed E-state index contributed by atoms with van der Waals surface area (Å²) in [6.07, 6.45) is 2.69. The highest BCUT2D eigenvalue weighted by atomic mass is 19.1. The predicted molar refractivity (Wildman–Crippen MR) is 67.4 cm³/mol. The van der Waals surface area contributed by atoms with Crippen LogP contribution in [0.4, 0.5) is 9.18 Å². The zero-order valence-electron chi connectivity index (χ0n) is 11.2. The largest absolute Gasteiger partial charge is 0.453 e. The van der Waals surface area contributed by atoms with Crippen LogP contribution in [-0.4, -0.2) is 53.1 Å². The highest BCUT2D eigenvalue weighted by Crippen LogP contribution is 2.20. The maximum absolute atomic E-state index is 12.8. The Bertz CT molecular complexity index is 491. The van der Waals surface area contributed by atoms with Crippen molar-refractivity contribution in [3.05, 3.63) is 18.0 Å². The Morgan fingerprint density at radius 1 is 1.65 bits per heavy atom. The highest BCUT2D eigenvalue weighted by Gasteiger charge is 2.29. The first-order valence-corrected chi connectivity index (χ1v) is 6.41. The lowest BCUT2D eigenvalue weighted by molar-refractivity contribution is -0.130. The van der Waals surface area contributed by atoms with Gasteiger partial charge in [0.1, 0.15) is 12.4 Å². The molecule has 2 rings (SSSR count). The number of carbonyl (C=O) groups is 2. The number of hydrogen-bond acceptors (Lipinski definition) is 4. The summed E-state index contributed by atoms with van der Waals surface area (Å²) in [5, 5.41) is 2.36. The minimum absolute atomic E-state index is 0.0208. The van der Waals surface area contributed by atoms with Gasteiger partial charge in [0.2, 0.25) is 11.9 Å². The van der Waals surface area contributed by atoms with E-state index in [1.54, 1.807) is 4.90 Å². The quantitative estimate of drug-likeness (QED) is 0.839. The van der Waals surface area contributed by atoms with Crippen molar-refractivity contribution in [3.63, 3.8) is 0 Å². The molecule has 0 spiro atoms. The van der Waals surface area contributed by atoms with Gasteiger partial charge in [-0.1, -0.05) is 0 Å². The maximum atomic E-state index is 12.8. The van der Waals surface area contributed by atoms with Crippen molar-refractivity contribution >= 4 is 12.0 Å². The standard InChI is InChI=1S/C12H17FN4O3/c1-20-12(19)15-7-11(18)17-4-2-3-8(17)5-10-14-6-9(13)16-10/h6,8H,2-5,7H2,1H3,(H,14,16)(H,15,19). The number of amides is 2. The number of rotatable bonds is 4. The molecule has 1 aliphatic rings. The first-order valence-electron chi connectivity index (χ1n) is 6.41. The predicted octanol–water partition coefficient (Wildman–Crippen LogP) is 0.438. The third-order valence-electron chi connectivity index (χ3n) is 3.29. The van der Waals surface area contributed by atoms with E-state index in [1.165, 1.54) is 7.11 Å². The van der Waals surface area contributed by atoms with Gasteiger partial charge >= 0.3 is 6.09 Å².